The molecule has 2 heterocycles. The van der Waals surface area contributed by atoms with Crippen LogP contribution in [0.3, 0.4) is 0 Å². The Morgan fingerprint density at radius 1 is 0.892 bits per heavy atom. The molecule has 0 amide bonds. The maximum Gasteiger partial charge on any atom is 0.267 e. The van der Waals surface area contributed by atoms with Gasteiger partial charge in [-0.05, 0) is 56.4 Å². The fraction of sp³-hybridized carbons (Fsp3) is 0.286. The molecule has 2 aromatic carbocycles. The van der Waals surface area contributed by atoms with Crippen LogP contribution in [0, 0.1) is 0 Å². The number of rotatable bonds is 11. The van der Waals surface area contributed by atoms with Crippen molar-refractivity contribution in [3.63, 3.8) is 0 Å². The number of ether oxygens (including phenoxy) is 3. The Morgan fingerprint density at radius 3 is 2.41 bits per heavy atom. The fourth-order valence-electron chi connectivity index (χ4n) is 3.80. The van der Waals surface area contributed by atoms with Crippen LogP contribution in [0.5, 0.6) is 17.2 Å². The van der Waals surface area contributed by atoms with Gasteiger partial charge in [0.1, 0.15) is 0 Å². The summed E-state index contributed by atoms with van der Waals surface area (Å²) < 4.78 is 17.9. The van der Waals surface area contributed by atoms with Gasteiger partial charge in [0.25, 0.3) is 5.56 Å². The summed E-state index contributed by atoms with van der Waals surface area (Å²) in [6, 6.07) is 16.5. The molecule has 2 aromatic heterocycles. The van der Waals surface area contributed by atoms with Gasteiger partial charge >= 0.3 is 0 Å². The van der Waals surface area contributed by atoms with Crippen molar-refractivity contribution in [1.29, 1.82) is 0 Å². The van der Waals surface area contributed by atoms with Crippen LogP contribution < -0.4 is 19.8 Å². The third-order valence-electron chi connectivity index (χ3n) is 5.71. The second-order valence-corrected chi connectivity index (χ2v) is 8.73. The minimum absolute atomic E-state index is 0.193. The molecule has 4 rings (SSSR count). The Balaban J connectivity index is 1.50. The lowest BCUT2D eigenvalue weighted by Crippen LogP contribution is -2.22. The SMILES string of the molecule is COc1ccc(-c2ccc(=O)n(Cc3cccc(-c4ncc(OCCCN(C)C)cn4)c3)n2)cc1OC. The Kier molecular flexibility index (Phi) is 8.48. The van der Waals surface area contributed by atoms with E-state index in [0.717, 1.165) is 29.7 Å². The molecular formula is C28H31N5O4. The van der Waals surface area contributed by atoms with Gasteiger partial charge in [-0.15, -0.1) is 0 Å². The van der Waals surface area contributed by atoms with Gasteiger partial charge in [-0.25, -0.2) is 14.6 Å². The molecule has 4 aromatic rings. The minimum Gasteiger partial charge on any atom is -0.493 e. The minimum atomic E-state index is -0.193. The van der Waals surface area contributed by atoms with Crippen LogP contribution in [0.15, 0.2) is 71.8 Å². The molecule has 0 fully saturated rings. The van der Waals surface area contributed by atoms with E-state index in [9.17, 15) is 4.79 Å². The molecule has 9 heteroatoms. The third kappa shape index (κ3) is 6.71. The summed E-state index contributed by atoms with van der Waals surface area (Å²) in [6.07, 6.45) is 4.30. The molecule has 9 nitrogen and oxygen atoms in total. The summed E-state index contributed by atoms with van der Waals surface area (Å²) in [6.45, 7) is 1.88. The van der Waals surface area contributed by atoms with Crippen LogP contribution in [0.1, 0.15) is 12.0 Å². The van der Waals surface area contributed by atoms with Gasteiger partial charge in [-0.1, -0.05) is 18.2 Å². The van der Waals surface area contributed by atoms with Crippen molar-refractivity contribution < 1.29 is 14.2 Å². The summed E-state index contributed by atoms with van der Waals surface area (Å²) in [5, 5.41) is 4.59. The molecule has 0 saturated heterocycles. The van der Waals surface area contributed by atoms with Gasteiger partial charge in [0.2, 0.25) is 0 Å². The number of aromatic nitrogens is 4. The smallest absolute Gasteiger partial charge is 0.267 e. The fourth-order valence-corrected chi connectivity index (χ4v) is 3.80. The monoisotopic (exact) mass is 501 g/mol. The molecule has 0 aliphatic rings. The highest BCUT2D eigenvalue weighted by Crippen LogP contribution is 2.31. The second kappa shape index (κ2) is 12.1. The van der Waals surface area contributed by atoms with E-state index >= 15 is 0 Å². The zero-order valence-electron chi connectivity index (χ0n) is 21.5. The van der Waals surface area contributed by atoms with Crippen LogP contribution in [0.25, 0.3) is 22.6 Å². The third-order valence-corrected chi connectivity index (χ3v) is 5.71. The predicted octanol–water partition coefficient (Wildman–Crippen LogP) is 3.76. The van der Waals surface area contributed by atoms with Crippen LogP contribution in [-0.4, -0.2) is 66.1 Å². The first-order valence-electron chi connectivity index (χ1n) is 12.0. The Hall–Kier alpha value is -4.24. The molecule has 0 unspecified atom stereocenters. The van der Waals surface area contributed by atoms with Gasteiger partial charge in [-0.2, -0.15) is 5.10 Å². The first-order valence-corrected chi connectivity index (χ1v) is 12.0. The Labute approximate surface area is 216 Å². The summed E-state index contributed by atoms with van der Waals surface area (Å²) in [7, 11) is 7.24. The standard InChI is InChI=1S/C28H31N5O4/c1-32(2)13-6-14-37-23-17-29-28(30-18-23)22-8-5-7-20(15-22)19-33-27(34)12-10-24(31-33)21-9-11-25(35-3)26(16-21)36-4/h5,7-12,15-18H,6,13-14,19H2,1-4H3. The average molecular weight is 502 g/mol. The van der Waals surface area contributed by atoms with Crippen LogP contribution in [0.2, 0.25) is 0 Å². The molecule has 0 N–H and O–H groups in total. The zero-order valence-corrected chi connectivity index (χ0v) is 21.5. The Morgan fingerprint density at radius 2 is 1.68 bits per heavy atom. The van der Waals surface area contributed by atoms with E-state index in [2.05, 4.69) is 20.0 Å². The topological polar surface area (TPSA) is 91.6 Å². The van der Waals surface area contributed by atoms with Gasteiger partial charge in [0, 0.05) is 23.7 Å². The largest absolute Gasteiger partial charge is 0.493 e. The van der Waals surface area contributed by atoms with E-state index in [1.165, 1.54) is 10.7 Å². The van der Waals surface area contributed by atoms with Crippen LogP contribution >= 0.6 is 0 Å². The molecule has 0 aliphatic carbocycles. The van der Waals surface area contributed by atoms with Crippen molar-refractivity contribution >= 4 is 0 Å². The zero-order chi connectivity index (χ0) is 26.2. The molecule has 0 aliphatic heterocycles. The number of methoxy groups -OCH3 is 2. The quantitative estimate of drug-likeness (QED) is 0.287. The summed E-state index contributed by atoms with van der Waals surface area (Å²) >= 11 is 0. The normalized spacial score (nSPS) is 10.9. The van der Waals surface area contributed by atoms with Crippen molar-refractivity contribution in [2.45, 2.75) is 13.0 Å². The van der Waals surface area contributed by atoms with Crippen LogP contribution in [0.4, 0.5) is 0 Å². The molecular weight excluding hydrogens is 470 g/mol. The predicted molar refractivity (Wildman–Crippen MR) is 142 cm³/mol. The number of hydrogen-bond acceptors (Lipinski definition) is 8. The van der Waals surface area contributed by atoms with Crippen molar-refractivity contribution in [1.82, 2.24) is 24.6 Å². The molecule has 0 saturated carbocycles. The summed E-state index contributed by atoms with van der Waals surface area (Å²) in [5.74, 6) is 2.45. The number of benzene rings is 2. The van der Waals surface area contributed by atoms with E-state index in [4.69, 9.17) is 14.2 Å². The highest BCUT2D eigenvalue weighted by Gasteiger charge is 2.10. The molecule has 192 valence electrons. The van der Waals surface area contributed by atoms with Gasteiger partial charge < -0.3 is 19.1 Å². The first-order chi connectivity index (χ1) is 18.0. The van der Waals surface area contributed by atoms with Crippen molar-refractivity contribution in [3.05, 3.63) is 82.9 Å². The van der Waals surface area contributed by atoms with E-state index in [-0.39, 0.29) is 5.56 Å². The molecule has 0 radical (unpaired) electrons. The van der Waals surface area contributed by atoms with E-state index in [1.54, 1.807) is 32.7 Å². The molecule has 37 heavy (non-hydrogen) atoms. The molecule has 0 spiro atoms. The molecule has 0 bridgehead atoms. The van der Waals surface area contributed by atoms with Gasteiger partial charge in [-0.3, -0.25) is 4.79 Å². The van der Waals surface area contributed by atoms with Crippen LogP contribution in [-0.2, 0) is 6.54 Å². The number of nitrogens with zero attached hydrogens (tertiary/aromatic N) is 5. The van der Waals surface area contributed by atoms with E-state index in [1.807, 2.05) is 56.6 Å². The average Bonchev–Trinajstić information content (AvgIpc) is 2.92. The highest BCUT2D eigenvalue weighted by molar-refractivity contribution is 5.63. The first kappa shape index (κ1) is 25.8. The van der Waals surface area contributed by atoms with Gasteiger partial charge in [0.05, 0.1) is 45.5 Å². The maximum absolute atomic E-state index is 12.6. The highest BCUT2D eigenvalue weighted by atomic mass is 16.5. The lowest BCUT2D eigenvalue weighted by molar-refractivity contribution is 0.280. The van der Waals surface area contributed by atoms with E-state index < -0.39 is 0 Å². The maximum atomic E-state index is 12.6. The summed E-state index contributed by atoms with van der Waals surface area (Å²) in [4.78, 5) is 23.6. The van der Waals surface area contributed by atoms with Crippen molar-refractivity contribution in [2.24, 2.45) is 0 Å². The lowest BCUT2D eigenvalue weighted by atomic mass is 10.1. The van der Waals surface area contributed by atoms with Gasteiger partial charge in [0.15, 0.2) is 23.1 Å². The molecule has 0 atom stereocenters. The van der Waals surface area contributed by atoms with Crippen molar-refractivity contribution in [3.8, 4) is 39.9 Å². The number of hydrogen-bond donors (Lipinski definition) is 0. The lowest BCUT2D eigenvalue weighted by Gasteiger charge is -2.11. The summed E-state index contributed by atoms with van der Waals surface area (Å²) in [5.41, 5.74) is 3.03. The van der Waals surface area contributed by atoms with Crippen molar-refractivity contribution in [2.75, 3.05) is 41.5 Å². The second-order valence-electron chi connectivity index (χ2n) is 8.73. The van der Waals surface area contributed by atoms with E-state index in [0.29, 0.717) is 41.9 Å². The Bertz CT molecular complexity index is 1390.